The highest BCUT2D eigenvalue weighted by atomic mass is 127. The first-order valence-corrected chi connectivity index (χ1v) is 12.3. The van der Waals surface area contributed by atoms with Crippen LogP contribution in [0.2, 0.25) is 0 Å². The van der Waals surface area contributed by atoms with E-state index in [1.54, 1.807) is 0 Å². The second-order valence-electron chi connectivity index (χ2n) is 10.00. The molecule has 0 radical (unpaired) electrons. The third-order valence-corrected chi connectivity index (χ3v) is 6.85. The average molecular weight is 532 g/mol. The Hall–Kier alpha value is -1.69. The van der Waals surface area contributed by atoms with Gasteiger partial charge in [0.05, 0.1) is 5.41 Å². The maximum atomic E-state index is 11.9. The molecule has 0 aliphatic carbocycles. The van der Waals surface area contributed by atoms with Crippen molar-refractivity contribution in [3.63, 3.8) is 0 Å². The van der Waals surface area contributed by atoms with E-state index >= 15 is 0 Å². The van der Waals surface area contributed by atoms with Crippen LogP contribution in [0, 0.1) is 3.57 Å². The minimum Gasteiger partial charge on any atom is -0.460 e. The molecule has 1 heterocycles. The van der Waals surface area contributed by atoms with Gasteiger partial charge >= 0.3 is 5.97 Å². The van der Waals surface area contributed by atoms with Crippen molar-refractivity contribution in [1.82, 2.24) is 0 Å². The highest BCUT2D eigenvalue weighted by Crippen LogP contribution is 2.41. The van der Waals surface area contributed by atoms with Crippen molar-refractivity contribution >= 4 is 40.0 Å². The number of nitrogens with zero attached hydrogens (tertiary/aromatic N) is 1. The molecule has 0 saturated carbocycles. The third-order valence-electron chi connectivity index (χ3n) is 6.13. The van der Waals surface area contributed by atoms with Crippen LogP contribution in [0.4, 0.5) is 5.69 Å². The smallest absolute Gasteiger partial charge is 0.306 e. The number of fused-ring (bicyclic) bond motifs is 1. The Bertz CT molecular complexity index is 981. The van der Waals surface area contributed by atoms with Gasteiger partial charge in [0.2, 0.25) is 5.69 Å². The van der Waals surface area contributed by atoms with Gasteiger partial charge in [-0.05, 0) is 105 Å². The Labute approximate surface area is 201 Å². The van der Waals surface area contributed by atoms with Crippen LogP contribution in [0.3, 0.4) is 0 Å². The van der Waals surface area contributed by atoms with E-state index in [9.17, 15) is 4.79 Å². The van der Waals surface area contributed by atoms with Crippen LogP contribution in [0.5, 0.6) is 0 Å². The standard InChI is InChI=1S/C27H35INO2/c1-19-27(5,6)23-18-21(20-11-14-22(28)15-12-20)13-16-24(23)29(19)17-9-7-8-10-25(30)31-26(2,3)4/h11-16,18H,7-10,17H2,1-6H3/q+1. The fourth-order valence-corrected chi connectivity index (χ4v) is 4.56. The minimum atomic E-state index is -0.398. The van der Waals surface area contributed by atoms with Crippen molar-refractivity contribution in [2.24, 2.45) is 0 Å². The first-order chi connectivity index (χ1) is 14.5. The summed E-state index contributed by atoms with van der Waals surface area (Å²) in [5, 5.41) is 0. The van der Waals surface area contributed by atoms with Crippen molar-refractivity contribution in [2.75, 3.05) is 6.54 Å². The molecule has 3 nitrogen and oxygen atoms in total. The van der Waals surface area contributed by atoms with E-state index in [1.165, 1.54) is 31.7 Å². The second kappa shape index (κ2) is 9.43. The zero-order valence-electron chi connectivity index (χ0n) is 19.7. The average Bonchev–Trinajstić information content (AvgIpc) is 2.87. The fourth-order valence-electron chi connectivity index (χ4n) is 4.20. The minimum absolute atomic E-state index is 0.0189. The molecule has 4 heteroatoms. The molecule has 1 aliphatic rings. The summed E-state index contributed by atoms with van der Waals surface area (Å²) in [5.41, 5.74) is 6.27. The summed E-state index contributed by atoms with van der Waals surface area (Å²) in [5.74, 6) is -0.0916. The van der Waals surface area contributed by atoms with Gasteiger partial charge in [-0.15, -0.1) is 0 Å². The van der Waals surface area contributed by atoms with Crippen LogP contribution >= 0.6 is 22.6 Å². The Balaban J connectivity index is 1.66. The number of halogens is 1. The molecule has 1 aliphatic heterocycles. The van der Waals surface area contributed by atoms with Gasteiger partial charge in [-0.25, -0.2) is 0 Å². The number of unbranched alkanes of at least 4 members (excludes halogenated alkanes) is 2. The molecule has 166 valence electrons. The number of rotatable bonds is 7. The molecular weight excluding hydrogens is 497 g/mol. The number of ether oxygens (including phenoxy) is 1. The Morgan fingerprint density at radius 2 is 1.65 bits per heavy atom. The largest absolute Gasteiger partial charge is 0.460 e. The third kappa shape index (κ3) is 5.76. The number of benzene rings is 2. The van der Waals surface area contributed by atoms with Crippen molar-refractivity contribution in [3.05, 3.63) is 51.6 Å². The molecule has 0 aromatic heterocycles. The van der Waals surface area contributed by atoms with E-state index in [1.807, 2.05) is 20.8 Å². The monoisotopic (exact) mass is 532 g/mol. The van der Waals surface area contributed by atoms with Gasteiger partial charge in [0.25, 0.3) is 0 Å². The van der Waals surface area contributed by atoms with Gasteiger partial charge in [-0.3, -0.25) is 4.79 Å². The fraction of sp³-hybridized carbons (Fsp3) is 0.481. The summed E-state index contributed by atoms with van der Waals surface area (Å²) in [4.78, 5) is 11.9. The van der Waals surface area contributed by atoms with Gasteiger partial charge in [-0.1, -0.05) is 12.1 Å². The molecule has 0 fully saturated rings. The van der Waals surface area contributed by atoms with Crippen molar-refractivity contribution < 1.29 is 14.1 Å². The van der Waals surface area contributed by atoms with Crippen LogP contribution in [0.15, 0.2) is 42.5 Å². The summed E-state index contributed by atoms with van der Waals surface area (Å²) in [7, 11) is 0. The number of hydrogen-bond donors (Lipinski definition) is 0. The topological polar surface area (TPSA) is 29.3 Å². The molecular formula is C27H35INO2+. The SMILES string of the molecule is CC1=[N+](CCCCCC(=O)OC(C)(C)C)c2ccc(-c3ccc(I)cc3)cc2C1(C)C. The molecule has 2 aromatic rings. The summed E-state index contributed by atoms with van der Waals surface area (Å²) in [6, 6.07) is 15.6. The van der Waals surface area contributed by atoms with E-state index in [0.29, 0.717) is 6.42 Å². The Morgan fingerprint density at radius 3 is 2.29 bits per heavy atom. The summed E-state index contributed by atoms with van der Waals surface area (Å²) in [6.45, 7) is 13.6. The molecule has 0 atom stereocenters. The van der Waals surface area contributed by atoms with E-state index in [2.05, 4.69) is 90.4 Å². The van der Waals surface area contributed by atoms with E-state index < -0.39 is 5.60 Å². The lowest BCUT2D eigenvalue weighted by atomic mass is 9.81. The van der Waals surface area contributed by atoms with Crippen LogP contribution in [-0.2, 0) is 14.9 Å². The summed E-state index contributed by atoms with van der Waals surface area (Å²) in [6.07, 6.45) is 3.47. The Kier molecular flexibility index (Phi) is 7.29. The molecule has 0 spiro atoms. The summed E-state index contributed by atoms with van der Waals surface area (Å²) >= 11 is 2.35. The molecule has 2 aromatic carbocycles. The lowest BCUT2D eigenvalue weighted by Crippen LogP contribution is -2.26. The van der Waals surface area contributed by atoms with Crippen molar-refractivity contribution in [3.8, 4) is 11.1 Å². The van der Waals surface area contributed by atoms with Gasteiger partial charge in [0.1, 0.15) is 12.1 Å². The lowest BCUT2D eigenvalue weighted by Gasteiger charge is -2.19. The molecule has 0 N–H and O–H groups in total. The van der Waals surface area contributed by atoms with E-state index in [0.717, 1.165) is 25.8 Å². The zero-order valence-corrected chi connectivity index (χ0v) is 21.9. The highest BCUT2D eigenvalue weighted by molar-refractivity contribution is 14.1. The zero-order chi connectivity index (χ0) is 22.8. The van der Waals surface area contributed by atoms with Crippen molar-refractivity contribution in [2.45, 2.75) is 78.2 Å². The molecule has 0 amide bonds. The normalized spacial score (nSPS) is 15.2. The molecule has 3 rings (SSSR count). The number of carbonyl (C=O) groups is 1. The maximum absolute atomic E-state index is 11.9. The molecule has 0 saturated heterocycles. The quantitative estimate of drug-likeness (QED) is 0.163. The lowest BCUT2D eigenvalue weighted by molar-refractivity contribution is -0.439. The predicted molar refractivity (Wildman–Crippen MR) is 137 cm³/mol. The summed E-state index contributed by atoms with van der Waals surface area (Å²) < 4.78 is 9.14. The number of esters is 1. The van der Waals surface area contributed by atoms with Crippen LogP contribution in [0.1, 0.15) is 72.8 Å². The predicted octanol–water partition coefficient (Wildman–Crippen LogP) is 7.26. The number of carbonyl (C=O) groups excluding carboxylic acids is 1. The van der Waals surface area contributed by atoms with Crippen LogP contribution in [-0.4, -0.2) is 28.4 Å². The van der Waals surface area contributed by atoms with Gasteiger partial charge in [0.15, 0.2) is 5.71 Å². The van der Waals surface area contributed by atoms with Crippen LogP contribution in [0.25, 0.3) is 11.1 Å². The van der Waals surface area contributed by atoms with Gasteiger partial charge in [0, 0.05) is 35.0 Å². The molecule has 0 unspecified atom stereocenters. The second-order valence-corrected chi connectivity index (χ2v) is 11.2. The van der Waals surface area contributed by atoms with Gasteiger partial charge in [-0.2, -0.15) is 4.58 Å². The van der Waals surface area contributed by atoms with E-state index in [4.69, 9.17) is 4.74 Å². The van der Waals surface area contributed by atoms with E-state index in [-0.39, 0.29) is 11.4 Å². The first kappa shape index (κ1) is 24.0. The van der Waals surface area contributed by atoms with Crippen LogP contribution < -0.4 is 0 Å². The van der Waals surface area contributed by atoms with Crippen molar-refractivity contribution in [1.29, 1.82) is 0 Å². The van der Waals surface area contributed by atoms with Gasteiger partial charge < -0.3 is 4.74 Å². The number of hydrogen-bond acceptors (Lipinski definition) is 2. The molecule has 0 bridgehead atoms. The maximum Gasteiger partial charge on any atom is 0.306 e. The molecule has 31 heavy (non-hydrogen) atoms. The Morgan fingerprint density at radius 1 is 1.00 bits per heavy atom. The highest BCUT2D eigenvalue weighted by Gasteiger charge is 2.42. The first-order valence-electron chi connectivity index (χ1n) is 11.2.